The Kier molecular flexibility index (Phi) is 4.02. The second-order valence-corrected chi connectivity index (χ2v) is 6.28. The quantitative estimate of drug-likeness (QED) is 0.631. The molecule has 0 N–H and O–H groups in total. The lowest BCUT2D eigenvalue weighted by Gasteiger charge is -2.11. The summed E-state index contributed by atoms with van der Waals surface area (Å²) in [7, 11) is 0. The van der Waals surface area contributed by atoms with Crippen molar-refractivity contribution in [2.75, 3.05) is 0 Å². The Morgan fingerprint density at radius 3 is 2.67 bits per heavy atom. The van der Waals surface area contributed by atoms with Crippen LogP contribution in [0.15, 0.2) is 59.2 Å². The Morgan fingerprint density at radius 2 is 1.90 bits per heavy atom. The fraction of sp³-hybridized carbons (Fsp3) is 0.222. The van der Waals surface area contributed by atoms with E-state index in [1.54, 1.807) is 0 Å². The van der Waals surface area contributed by atoms with E-state index in [-0.39, 0.29) is 6.10 Å². The van der Waals surface area contributed by atoms with E-state index >= 15 is 0 Å². The van der Waals surface area contributed by atoms with Crippen LogP contribution >= 0.6 is 15.9 Å². The number of nitrogens with zero attached hydrogens (tertiary/aromatic N) is 1. The van der Waals surface area contributed by atoms with Gasteiger partial charge >= 0.3 is 0 Å². The van der Waals surface area contributed by atoms with Crippen LogP contribution in [0.3, 0.4) is 0 Å². The largest absolute Gasteiger partial charge is 0.491 e. The van der Waals surface area contributed by atoms with Gasteiger partial charge in [-0.05, 0) is 49.7 Å². The van der Waals surface area contributed by atoms with Gasteiger partial charge in [0.25, 0.3) is 0 Å². The van der Waals surface area contributed by atoms with Crippen molar-refractivity contribution in [3.63, 3.8) is 0 Å². The molecule has 0 radical (unpaired) electrons. The maximum absolute atomic E-state index is 5.75. The van der Waals surface area contributed by atoms with Gasteiger partial charge in [0.1, 0.15) is 5.75 Å². The van der Waals surface area contributed by atoms with Gasteiger partial charge in [0.2, 0.25) is 0 Å². The van der Waals surface area contributed by atoms with Crippen molar-refractivity contribution < 1.29 is 4.74 Å². The van der Waals surface area contributed by atoms with Crippen LogP contribution in [-0.4, -0.2) is 10.7 Å². The summed E-state index contributed by atoms with van der Waals surface area (Å²) in [4.78, 5) is 0. The molecule has 108 valence electrons. The fourth-order valence-corrected chi connectivity index (χ4v) is 2.88. The Bertz CT molecular complexity index is 761. The highest BCUT2D eigenvalue weighted by Crippen LogP contribution is 2.25. The van der Waals surface area contributed by atoms with Gasteiger partial charge in [-0.1, -0.05) is 34.1 Å². The first-order valence-electron chi connectivity index (χ1n) is 7.12. The minimum Gasteiger partial charge on any atom is -0.491 e. The zero-order valence-corrected chi connectivity index (χ0v) is 13.8. The van der Waals surface area contributed by atoms with E-state index in [0.717, 1.165) is 16.8 Å². The van der Waals surface area contributed by atoms with Gasteiger partial charge in [-0.15, -0.1) is 0 Å². The molecule has 0 aliphatic rings. The molecule has 0 amide bonds. The summed E-state index contributed by atoms with van der Waals surface area (Å²) in [5.74, 6) is 0.927. The summed E-state index contributed by atoms with van der Waals surface area (Å²) in [5.41, 5.74) is 2.50. The molecule has 21 heavy (non-hydrogen) atoms. The van der Waals surface area contributed by atoms with Crippen molar-refractivity contribution in [1.29, 1.82) is 0 Å². The number of fused-ring (bicyclic) bond motifs is 1. The number of hydrogen-bond acceptors (Lipinski definition) is 1. The van der Waals surface area contributed by atoms with Gasteiger partial charge < -0.3 is 9.30 Å². The molecule has 1 aromatic heterocycles. The van der Waals surface area contributed by atoms with Gasteiger partial charge in [-0.3, -0.25) is 0 Å². The second kappa shape index (κ2) is 5.94. The Labute approximate surface area is 133 Å². The first-order chi connectivity index (χ1) is 10.1. The van der Waals surface area contributed by atoms with Crippen molar-refractivity contribution >= 4 is 26.8 Å². The minimum atomic E-state index is 0.199. The molecule has 0 fully saturated rings. The monoisotopic (exact) mass is 343 g/mol. The van der Waals surface area contributed by atoms with Crippen LogP contribution in [0.2, 0.25) is 0 Å². The van der Waals surface area contributed by atoms with Gasteiger partial charge in [-0.25, -0.2) is 0 Å². The molecular formula is C18H18BrNO. The Morgan fingerprint density at radius 1 is 1.10 bits per heavy atom. The van der Waals surface area contributed by atoms with Crippen molar-refractivity contribution in [2.24, 2.45) is 0 Å². The van der Waals surface area contributed by atoms with Crippen molar-refractivity contribution in [2.45, 2.75) is 26.5 Å². The normalized spacial score (nSPS) is 11.2. The summed E-state index contributed by atoms with van der Waals surface area (Å²) in [6, 6.07) is 16.7. The van der Waals surface area contributed by atoms with E-state index in [2.05, 4.69) is 63.1 Å². The number of ether oxygens (including phenoxy) is 1. The number of benzene rings is 2. The van der Waals surface area contributed by atoms with E-state index in [1.165, 1.54) is 16.5 Å². The second-order valence-electron chi connectivity index (χ2n) is 5.42. The van der Waals surface area contributed by atoms with Crippen LogP contribution in [0.1, 0.15) is 19.4 Å². The van der Waals surface area contributed by atoms with Crippen LogP contribution in [-0.2, 0) is 6.54 Å². The smallest absolute Gasteiger partial charge is 0.120 e. The first kappa shape index (κ1) is 14.2. The molecule has 0 bridgehead atoms. The fourth-order valence-electron chi connectivity index (χ4n) is 2.47. The van der Waals surface area contributed by atoms with Crippen LogP contribution < -0.4 is 4.74 Å². The SMILES string of the molecule is CC(C)Oc1ccc2c(ccn2Cc2ccccc2Br)c1. The highest BCUT2D eigenvalue weighted by molar-refractivity contribution is 9.10. The number of hydrogen-bond donors (Lipinski definition) is 0. The molecule has 0 spiro atoms. The van der Waals surface area contributed by atoms with Crippen molar-refractivity contribution in [1.82, 2.24) is 4.57 Å². The van der Waals surface area contributed by atoms with E-state index in [0.29, 0.717) is 0 Å². The molecule has 0 aliphatic heterocycles. The average Bonchev–Trinajstić information content (AvgIpc) is 2.83. The zero-order valence-electron chi connectivity index (χ0n) is 12.2. The maximum atomic E-state index is 5.75. The van der Waals surface area contributed by atoms with Gasteiger partial charge in [0.05, 0.1) is 6.10 Å². The maximum Gasteiger partial charge on any atom is 0.120 e. The Hall–Kier alpha value is -1.74. The van der Waals surface area contributed by atoms with Crippen LogP contribution in [0.5, 0.6) is 5.75 Å². The number of halogens is 1. The molecule has 0 aliphatic carbocycles. The third kappa shape index (κ3) is 3.13. The predicted octanol–water partition coefficient (Wildman–Crippen LogP) is 5.24. The molecule has 0 saturated heterocycles. The van der Waals surface area contributed by atoms with Crippen molar-refractivity contribution in [3.05, 3.63) is 64.8 Å². The number of aromatic nitrogens is 1. The third-order valence-corrected chi connectivity index (χ3v) is 4.19. The van der Waals surface area contributed by atoms with Crippen LogP contribution in [0, 0.1) is 0 Å². The Balaban J connectivity index is 1.92. The van der Waals surface area contributed by atoms with Gasteiger partial charge in [-0.2, -0.15) is 0 Å². The molecule has 1 heterocycles. The minimum absolute atomic E-state index is 0.199. The first-order valence-corrected chi connectivity index (χ1v) is 7.92. The average molecular weight is 344 g/mol. The molecule has 3 rings (SSSR count). The molecule has 0 saturated carbocycles. The molecule has 3 aromatic rings. The van der Waals surface area contributed by atoms with Crippen LogP contribution in [0.4, 0.5) is 0 Å². The molecule has 3 heteroatoms. The molecule has 0 atom stereocenters. The van der Waals surface area contributed by atoms with E-state index in [1.807, 2.05) is 26.0 Å². The number of rotatable bonds is 4. The topological polar surface area (TPSA) is 14.2 Å². The summed E-state index contributed by atoms with van der Waals surface area (Å²) in [6.45, 7) is 4.94. The van der Waals surface area contributed by atoms with E-state index < -0.39 is 0 Å². The molecule has 0 unspecified atom stereocenters. The summed E-state index contributed by atoms with van der Waals surface area (Å²) >= 11 is 3.61. The molecule has 2 nitrogen and oxygen atoms in total. The highest BCUT2D eigenvalue weighted by atomic mass is 79.9. The van der Waals surface area contributed by atoms with Gasteiger partial charge in [0, 0.05) is 28.1 Å². The summed E-state index contributed by atoms with van der Waals surface area (Å²) in [6.07, 6.45) is 2.33. The molecular weight excluding hydrogens is 326 g/mol. The van der Waals surface area contributed by atoms with E-state index in [9.17, 15) is 0 Å². The predicted molar refractivity (Wildman–Crippen MR) is 90.9 cm³/mol. The van der Waals surface area contributed by atoms with Gasteiger partial charge in [0.15, 0.2) is 0 Å². The lowest BCUT2D eigenvalue weighted by molar-refractivity contribution is 0.243. The lowest BCUT2D eigenvalue weighted by Crippen LogP contribution is -2.05. The van der Waals surface area contributed by atoms with Crippen molar-refractivity contribution in [3.8, 4) is 5.75 Å². The summed E-state index contributed by atoms with van der Waals surface area (Å²) in [5, 5.41) is 1.21. The standard InChI is InChI=1S/C18H18BrNO/c1-13(2)21-16-7-8-18-14(11-16)9-10-20(18)12-15-5-3-4-6-17(15)19/h3-11,13H,12H2,1-2H3. The van der Waals surface area contributed by atoms with E-state index in [4.69, 9.17) is 4.74 Å². The molecule has 2 aromatic carbocycles. The summed E-state index contributed by atoms with van der Waals surface area (Å²) < 4.78 is 9.16. The highest BCUT2D eigenvalue weighted by Gasteiger charge is 2.06. The lowest BCUT2D eigenvalue weighted by atomic mass is 10.2. The van der Waals surface area contributed by atoms with Crippen LogP contribution in [0.25, 0.3) is 10.9 Å². The zero-order chi connectivity index (χ0) is 14.8. The third-order valence-electron chi connectivity index (χ3n) is 3.41.